The Balaban J connectivity index is 1.76. The molecule has 1 aromatic heterocycles. The van der Waals surface area contributed by atoms with Crippen molar-refractivity contribution < 1.29 is 14.3 Å². The molecule has 0 bridgehead atoms. The first-order valence-electron chi connectivity index (χ1n) is 10.3. The number of carbonyl (C=O) groups excluding carboxylic acids is 2. The molecule has 1 fully saturated rings. The van der Waals surface area contributed by atoms with E-state index >= 15 is 0 Å². The highest BCUT2D eigenvalue weighted by Crippen LogP contribution is 2.32. The number of ether oxygens (including phenoxy) is 1. The van der Waals surface area contributed by atoms with Crippen LogP contribution >= 0.6 is 15.9 Å². The van der Waals surface area contributed by atoms with Crippen molar-refractivity contribution >= 4 is 50.2 Å². The largest absolute Gasteiger partial charge is 0.444 e. The average molecular weight is 477 g/mol. The van der Waals surface area contributed by atoms with Gasteiger partial charge in [0.1, 0.15) is 5.60 Å². The number of anilines is 2. The van der Waals surface area contributed by atoms with Gasteiger partial charge in [-0.15, -0.1) is 0 Å². The summed E-state index contributed by atoms with van der Waals surface area (Å²) in [6.07, 6.45) is 2.81. The third-order valence-electron chi connectivity index (χ3n) is 4.89. The van der Waals surface area contributed by atoms with Crippen molar-refractivity contribution in [3.05, 3.63) is 28.9 Å². The smallest absolute Gasteiger partial charge is 0.410 e. The summed E-state index contributed by atoms with van der Waals surface area (Å²) in [6, 6.07) is 5.88. The number of rotatable bonds is 4. The van der Waals surface area contributed by atoms with Gasteiger partial charge in [-0.25, -0.2) is 4.79 Å². The summed E-state index contributed by atoms with van der Waals surface area (Å²) in [7, 11) is 0. The monoisotopic (exact) mass is 476 g/mol. The van der Waals surface area contributed by atoms with Gasteiger partial charge < -0.3 is 20.3 Å². The molecule has 0 aliphatic carbocycles. The van der Waals surface area contributed by atoms with Crippen molar-refractivity contribution in [2.75, 3.05) is 30.3 Å². The van der Waals surface area contributed by atoms with Crippen LogP contribution in [0.1, 0.15) is 40.5 Å². The Morgan fingerprint density at radius 3 is 2.80 bits per heavy atom. The maximum Gasteiger partial charge on any atom is 0.410 e. The van der Waals surface area contributed by atoms with Gasteiger partial charge in [-0.05, 0) is 58.7 Å². The number of amides is 2. The summed E-state index contributed by atoms with van der Waals surface area (Å²) in [5.74, 6) is -0.401. The van der Waals surface area contributed by atoms with E-state index in [0.717, 1.165) is 33.9 Å². The van der Waals surface area contributed by atoms with E-state index in [1.54, 1.807) is 11.1 Å². The van der Waals surface area contributed by atoms with Crippen LogP contribution in [0.4, 0.5) is 16.2 Å². The standard InChI is InChI=1S/C22H29BrN4O3/c1-5-24-19-16-9-8-15(23)11-17(16)25-12-18(19)26-20(28)14-7-6-10-27(13-14)21(29)30-22(2,3)4/h8-9,11-12,14H,5-7,10,13H2,1-4H3,(H,24,25)(H,26,28). The van der Waals surface area contributed by atoms with Crippen LogP contribution in [0.25, 0.3) is 10.9 Å². The number of fused-ring (bicyclic) bond motifs is 1. The minimum atomic E-state index is -0.557. The van der Waals surface area contributed by atoms with E-state index in [0.29, 0.717) is 25.3 Å². The Bertz CT molecular complexity index is 942. The van der Waals surface area contributed by atoms with Gasteiger partial charge >= 0.3 is 6.09 Å². The number of carbonyl (C=O) groups is 2. The van der Waals surface area contributed by atoms with E-state index in [1.807, 2.05) is 45.9 Å². The van der Waals surface area contributed by atoms with Crippen molar-refractivity contribution in [2.24, 2.45) is 5.92 Å². The molecule has 2 N–H and O–H groups in total. The zero-order chi connectivity index (χ0) is 21.9. The number of nitrogens with zero attached hydrogens (tertiary/aromatic N) is 2. The fraction of sp³-hybridized carbons (Fsp3) is 0.500. The van der Waals surface area contributed by atoms with Crippen molar-refractivity contribution in [1.29, 1.82) is 0 Å². The number of halogens is 1. The zero-order valence-electron chi connectivity index (χ0n) is 17.9. The third-order valence-corrected chi connectivity index (χ3v) is 5.38. The molecule has 1 unspecified atom stereocenters. The number of aromatic nitrogens is 1. The van der Waals surface area contributed by atoms with Gasteiger partial charge in [-0.3, -0.25) is 9.78 Å². The van der Waals surface area contributed by atoms with Gasteiger partial charge in [-0.2, -0.15) is 0 Å². The molecule has 2 aromatic rings. The number of benzene rings is 1. The van der Waals surface area contributed by atoms with E-state index in [9.17, 15) is 9.59 Å². The normalized spacial score (nSPS) is 17.0. The Labute approximate surface area is 185 Å². The maximum atomic E-state index is 13.0. The molecule has 0 saturated carbocycles. The summed E-state index contributed by atoms with van der Waals surface area (Å²) in [4.78, 5) is 31.5. The fourth-order valence-electron chi connectivity index (χ4n) is 3.55. The molecule has 7 nitrogen and oxygen atoms in total. The number of pyridine rings is 1. The van der Waals surface area contributed by atoms with Crippen LogP contribution in [-0.4, -0.2) is 47.1 Å². The average Bonchev–Trinajstić information content (AvgIpc) is 2.68. The van der Waals surface area contributed by atoms with Gasteiger partial charge in [0.05, 0.1) is 29.0 Å². The maximum absolute atomic E-state index is 13.0. The zero-order valence-corrected chi connectivity index (χ0v) is 19.5. The molecule has 1 atom stereocenters. The molecule has 0 spiro atoms. The van der Waals surface area contributed by atoms with Crippen LogP contribution in [0, 0.1) is 5.92 Å². The summed E-state index contributed by atoms with van der Waals surface area (Å²) >= 11 is 3.47. The molecular weight excluding hydrogens is 448 g/mol. The van der Waals surface area contributed by atoms with Crippen LogP contribution in [-0.2, 0) is 9.53 Å². The first-order valence-corrected chi connectivity index (χ1v) is 11.1. The van der Waals surface area contributed by atoms with Gasteiger partial charge in [0.15, 0.2) is 0 Å². The lowest BCUT2D eigenvalue weighted by molar-refractivity contribution is -0.121. The predicted molar refractivity (Wildman–Crippen MR) is 123 cm³/mol. The molecular formula is C22H29BrN4O3. The van der Waals surface area contributed by atoms with Gasteiger partial charge in [0.25, 0.3) is 0 Å². The number of likely N-dealkylation sites (tertiary alicyclic amines) is 1. The molecule has 8 heteroatoms. The lowest BCUT2D eigenvalue weighted by Crippen LogP contribution is -2.45. The second-order valence-corrected chi connectivity index (χ2v) is 9.41. The second-order valence-electron chi connectivity index (χ2n) is 8.49. The molecule has 1 aromatic carbocycles. The van der Waals surface area contributed by atoms with Gasteiger partial charge in [0, 0.05) is 29.5 Å². The van der Waals surface area contributed by atoms with Crippen molar-refractivity contribution in [1.82, 2.24) is 9.88 Å². The van der Waals surface area contributed by atoms with Crippen LogP contribution in [0.5, 0.6) is 0 Å². The quantitative estimate of drug-likeness (QED) is 0.647. The topological polar surface area (TPSA) is 83.6 Å². The first-order chi connectivity index (χ1) is 14.2. The highest BCUT2D eigenvalue weighted by molar-refractivity contribution is 9.10. The number of nitrogens with one attached hydrogen (secondary N) is 2. The van der Waals surface area contributed by atoms with Crippen molar-refractivity contribution in [2.45, 2.75) is 46.1 Å². The lowest BCUT2D eigenvalue weighted by Gasteiger charge is -2.33. The van der Waals surface area contributed by atoms with E-state index in [-0.39, 0.29) is 17.9 Å². The highest BCUT2D eigenvalue weighted by Gasteiger charge is 2.31. The molecule has 2 amide bonds. The van der Waals surface area contributed by atoms with Crippen LogP contribution in [0.2, 0.25) is 0 Å². The number of piperidine rings is 1. The van der Waals surface area contributed by atoms with Crippen molar-refractivity contribution in [3.8, 4) is 0 Å². The number of hydrogen-bond donors (Lipinski definition) is 2. The van der Waals surface area contributed by atoms with Gasteiger partial charge in [-0.1, -0.05) is 15.9 Å². The minimum Gasteiger partial charge on any atom is -0.444 e. The first kappa shape index (κ1) is 22.3. The molecule has 2 heterocycles. The third kappa shape index (κ3) is 5.41. The summed E-state index contributed by atoms with van der Waals surface area (Å²) in [5, 5.41) is 7.31. The second kappa shape index (κ2) is 9.20. The Morgan fingerprint density at radius 1 is 1.33 bits per heavy atom. The summed E-state index contributed by atoms with van der Waals surface area (Å²) in [6.45, 7) is 9.20. The molecule has 0 radical (unpaired) electrons. The van der Waals surface area contributed by atoms with Gasteiger partial charge in [0.2, 0.25) is 5.91 Å². The van der Waals surface area contributed by atoms with E-state index in [2.05, 4.69) is 31.5 Å². The van der Waals surface area contributed by atoms with E-state index in [1.165, 1.54) is 0 Å². The lowest BCUT2D eigenvalue weighted by atomic mass is 9.97. The molecule has 162 valence electrons. The Hall–Kier alpha value is -2.35. The Kier molecular flexibility index (Phi) is 6.85. The van der Waals surface area contributed by atoms with Crippen LogP contribution in [0.15, 0.2) is 28.9 Å². The van der Waals surface area contributed by atoms with Crippen LogP contribution in [0.3, 0.4) is 0 Å². The van der Waals surface area contributed by atoms with Crippen LogP contribution < -0.4 is 10.6 Å². The number of hydrogen-bond acceptors (Lipinski definition) is 5. The molecule has 1 saturated heterocycles. The highest BCUT2D eigenvalue weighted by atomic mass is 79.9. The van der Waals surface area contributed by atoms with E-state index in [4.69, 9.17) is 4.74 Å². The van der Waals surface area contributed by atoms with Crippen molar-refractivity contribution in [3.63, 3.8) is 0 Å². The molecule has 3 rings (SSSR count). The fourth-order valence-corrected chi connectivity index (χ4v) is 3.90. The predicted octanol–water partition coefficient (Wildman–Crippen LogP) is 5.01. The Morgan fingerprint density at radius 2 is 2.10 bits per heavy atom. The minimum absolute atomic E-state index is 0.110. The molecule has 1 aliphatic rings. The molecule has 1 aliphatic heterocycles. The SMILES string of the molecule is CCNc1c(NC(=O)C2CCCN(C(=O)OC(C)(C)C)C2)cnc2cc(Br)ccc12. The summed E-state index contributed by atoms with van der Waals surface area (Å²) < 4.78 is 6.41. The summed E-state index contributed by atoms with van der Waals surface area (Å²) in [5.41, 5.74) is 1.78. The molecule has 30 heavy (non-hydrogen) atoms. The van der Waals surface area contributed by atoms with E-state index < -0.39 is 5.60 Å².